The predicted octanol–water partition coefficient (Wildman–Crippen LogP) is 4.02. The van der Waals surface area contributed by atoms with Gasteiger partial charge < -0.3 is 15.4 Å². The number of aryl methyl sites for hydroxylation is 1. The number of amides is 2. The summed E-state index contributed by atoms with van der Waals surface area (Å²) in [5, 5.41) is 5.77. The molecule has 3 rings (SSSR count). The highest BCUT2D eigenvalue weighted by Crippen LogP contribution is 2.20. The van der Waals surface area contributed by atoms with Crippen LogP contribution in [0.5, 0.6) is 0 Å². The normalized spacial score (nSPS) is 16.0. The number of hydrogen-bond acceptors (Lipinski definition) is 4. The molecule has 1 atom stereocenters. The van der Waals surface area contributed by atoms with E-state index in [1.165, 1.54) is 5.56 Å². The Morgan fingerprint density at radius 2 is 1.93 bits per heavy atom. The highest BCUT2D eigenvalue weighted by Gasteiger charge is 2.18. The Morgan fingerprint density at radius 3 is 2.68 bits per heavy atom. The third kappa shape index (κ3) is 6.11. The van der Waals surface area contributed by atoms with Crippen molar-refractivity contribution < 1.29 is 14.3 Å². The Hall–Kier alpha value is -2.31. The molecule has 2 aromatic rings. The fourth-order valence-corrected chi connectivity index (χ4v) is 3.86. The molecule has 2 amide bonds. The molecule has 1 fully saturated rings. The van der Waals surface area contributed by atoms with Gasteiger partial charge in [0.25, 0.3) is 5.91 Å². The van der Waals surface area contributed by atoms with Crippen molar-refractivity contribution in [2.75, 3.05) is 24.2 Å². The third-order valence-corrected chi connectivity index (χ3v) is 5.59. The fraction of sp³-hybridized carbons (Fsp3) is 0.364. The van der Waals surface area contributed by atoms with Gasteiger partial charge in [-0.2, -0.15) is 0 Å². The molecule has 0 bridgehead atoms. The van der Waals surface area contributed by atoms with E-state index in [9.17, 15) is 9.59 Å². The van der Waals surface area contributed by atoms with Crippen LogP contribution < -0.4 is 10.6 Å². The lowest BCUT2D eigenvalue weighted by atomic mass is 10.1. The van der Waals surface area contributed by atoms with Gasteiger partial charge in [0.1, 0.15) is 0 Å². The van der Waals surface area contributed by atoms with Gasteiger partial charge in [0.2, 0.25) is 5.91 Å². The summed E-state index contributed by atoms with van der Waals surface area (Å²) >= 11 is 1.65. The molecule has 28 heavy (non-hydrogen) atoms. The van der Waals surface area contributed by atoms with Crippen LogP contribution in [0.15, 0.2) is 53.4 Å². The number of thioether (sulfide) groups is 1. The summed E-state index contributed by atoms with van der Waals surface area (Å²) in [6, 6.07) is 15.3. The first-order valence-electron chi connectivity index (χ1n) is 9.60. The minimum Gasteiger partial charge on any atom is -0.376 e. The standard InChI is InChI=1S/C22H26N2O3S/c1-16-8-10-18(11-9-16)28-14-12-21(25)24-20-7-3-2-6-19(20)22(26)23-15-17-5-4-13-27-17/h2-3,6-11,17H,4-5,12-15H2,1H3,(H,23,26)(H,24,25)/t17-/m0/s1. The number of benzene rings is 2. The van der Waals surface area contributed by atoms with Crippen LogP contribution in [0.3, 0.4) is 0 Å². The molecule has 5 nitrogen and oxygen atoms in total. The van der Waals surface area contributed by atoms with Crippen LogP contribution in [0.4, 0.5) is 5.69 Å². The number of para-hydroxylation sites is 1. The third-order valence-electron chi connectivity index (χ3n) is 4.58. The summed E-state index contributed by atoms with van der Waals surface area (Å²) in [5.41, 5.74) is 2.23. The number of hydrogen-bond donors (Lipinski definition) is 2. The summed E-state index contributed by atoms with van der Waals surface area (Å²) in [6.45, 7) is 3.30. The van der Waals surface area contributed by atoms with Crippen molar-refractivity contribution in [3.05, 3.63) is 59.7 Å². The zero-order valence-electron chi connectivity index (χ0n) is 16.1. The molecule has 6 heteroatoms. The zero-order valence-corrected chi connectivity index (χ0v) is 16.9. The number of nitrogens with one attached hydrogen (secondary N) is 2. The van der Waals surface area contributed by atoms with Gasteiger partial charge in [-0.3, -0.25) is 9.59 Å². The van der Waals surface area contributed by atoms with E-state index in [2.05, 4.69) is 41.8 Å². The van der Waals surface area contributed by atoms with Crippen molar-refractivity contribution in [1.82, 2.24) is 5.32 Å². The lowest BCUT2D eigenvalue weighted by Crippen LogP contribution is -2.32. The van der Waals surface area contributed by atoms with Gasteiger partial charge in [-0.25, -0.2) is 0 Å². The van der Waals surface area contributed by atoms with E-state index in [1.54, 1.807) is 30.0 Å². The van der Waals surface area contributed by atoms with Crippen molar-refractivity contribution >= 4 is 29.3 Å². The summed E-state index contributed by atoms with van der Waals surface area (Å²) in [7, 11) is 0. The molecule has 0 unspecified atom stereocenters. The molecule has 148 valence electrons. The first-order chi connectivity index (χ1) is 13.6. The molecule has 0 aliphatic carbocycles. The molecule has 1 aliphatic rings. The van der Waals surface area contributed by atoms with Crippen LogP contribution >= 0.6 is 11.8 Å². The van der Waals surface area contributed by atoms with E-state index in [-0.39, 0.29) is 17.9 Å². The van der Waals surface area contributed by atoms with Crippen molar-refractivity contribution in [2.45, 2.75) is 37.2 Å². The van der Waals surface area contributed by atoms with E-state index in [0.29, 0.717) is 30.0 Å². The summed E-state index contributed by atoms with van der Waals surface area (Å²) in [4.78, 5) is 26.0. The molecule has 0 saturated carbocycles. The predicted molar refractivity (Wildman–Crippen MR) is 113 cm³/mol. The quantitative estimate of drug-likeness (QED) is 0.659. The van der Waals surface area contributed by atoms with Crippen LogP contribution in [0.2, 0.25) is 0 Å². The second kappa shape index (κ2) is 10.3. The van der Waals surface area contributed by atoms with Crippen LogP contribution in [0.1, 0.15) is 35.2 Å². The topological polar surface area (TPSA) is 67.4 Å². The van der Waals surface area contributed by atoms with Crippen LogP contribution in [0.25, 0.3) is 0 Å². The van der Waals surface area contributed by atoms with E-state index in [1.807, 2.05) is 6.07 Å². The largest absolute Gasteiger partial charge is 0.376 e. The molecule has 1 heterocycles. The van der Waals surface area contributed by atoms with E-state index < -0.39 is 0 Å². The maximum atomic E-state index is 12.5. The molecular formula is C22H26N2O3S. The monoisotopic (exact) mass is 398 g/mol. The Bertz CT molecular complexity index is 802. The second-order valence-electron chi connectivity index (χ2n) is 6.85. The summed E-state index contributed by atoms with van der Waals surface area (Å²) < 4.78 is 5.53. The van der Waals surface area contributed by atoms with Crippen LogP contribution in [-0.4, -0.2) is 36.8 Å². The number of rotatable bonds is 8. The fourth-order valence-electron chi connectivity index (χ4n) is 3.01. The lowest BCUT2D eigenvalue weighted by Gasteiger charge is -2.13. The Balaban J connectivity index is 1.49. The van der Waals surface area contributed by atoms with Crippen LogP contribution in [0, 0.1) is 6.92 Å². The van der Waals surface area contributed by atoms with Gasteiger partial charge in [-0.15, -0.1) is 11.8 Å². The molecule has 0 radical (unpaired) electrons. The van der Waals surface area contributed by atoms with Crippen molar-refractivity contribution in [3.8, 4) is 0 Å². The Labute approximate surface area is 170 Å². The number of carbonyl (C=O) groups is 2. The first kappa shape index (κ1) is 20.4. The maximum absolute atomic E-state index is 12.5. The van der Waals surface area contributed by atoms with E-state index in [4.69, 9.17) is 4.74 Å². The van der Waals surface area contributed by atoms with Crippen molar-refractivity contribution in [1.29, 1.82) is 0 Å². The van der Waals surface area contributed by atoms with E-state index >= 15 is 0 Å². The smallest absolute Gasteiger partial charge is 0.253 e. The molecule has 1 aliphatic heterocycles. The molecule has 0 aromatic heterocycles. The number of anilines is 1. The minimum atomic E-state index is -0.194. The molecular weight excluding hydrogens is 372 g/mol. The summed E-state index contributed by atoms with van der Waals surface area (Å²) in [6.07, 6.45) is 2.47. The highest BCUT2D eigenvalue weighted by atomic mass is 32.2. The van der Waals surface area contributed by atoms with Gasteiger partial charge in [0.15, 0.2) is 0 Å². The number of ether oxygens (including phenoxy) is 1. The first-order valence-corrected chi connectivity index (χ1v) is 10.6. The van der Waals surface area contributed by atoms with Gasteiger partial charge in [0.05, 0.1) is 17.4 Å². The minimum absolute atomic E-state index is 0.0875. The van der Waals surface area contributed by atoms with Gasteiger partial charge >= 0.3 is 0 Å². The lowest BCUT2D eigenvalue weighted by molar-refractivity contribution is -0.115. The van der Waals surface area contributed by atoms with Gasteiger partial charge in [-0.1, -0.05) is 29.8 Å². The average Bonchev–Trinajstić information content (AvgIpc) is 3.22. The summed E-state index contributed by atoms with van der Waals surface area (Å²) in [5.74, 6) is 0.391. The zero-order chi connectivity index (χ0) is 19.8. The SMILES string of the molecule is Cc1ccc(SCCC(=O)Nc2ccccc2C(=O)NC[C@@H]2CCCO2)cc1. The highest BCUT2D eigenvalue weighted by molar-refractivity contribution is 7.99. The maximum Gasteiger partial charge on any atom is 0.253 e. The van der Waals surface area contributed by atoms with E-state index in [0.717, 1.165) is 24.3 Å². The Morgan fingerprint density at radius 1 is 1.14 bits per heavy atom. The Kier molecular flexibility index (Phi) is 7.51. The molecule has 2 aromatic carbocycles. The number of carbonyl (C=O) groups excluding carboxylic acids is 2. The van der Waals surface area contributed by atoms with Crippen molar-refractivity contribution in [2.24, 2.45) is 0 Å². The molecule has 1 saturated heterocycles. The van der Waals surface area contributed by atoms with Gasteiger partial charge in [0, 0.05) is 30.2 Å². The van der Waals surface area contributed by atoms with Gasteiger partial charge in [-0.05, 0) is 44.0 Å². The van der Waals surface area contributed by atoms with Crippen molar-refractivity contribution in [3.63, 3.8) is 0 Å². The molecule has 2 N–H and O–H groups in total. The average molecular weight is 399 g/mol. The second-order valence-corrected chi connectivity index (χ2v) is 8.02. The molecule has 0 spiro atoms. The van der Waals surface area contributed by atoms with Crippen LogP contribution in [-0.2, 0) is 9.53 Å².